The van der Waals surface area contributed by atoms with Gasteiger partial charge in [-0.05, 0) is 44.0 Å². The van der Waals surface area contributed by atoms with E-state index >= 15 is 0 Å². The van der Waals surface area contributed by atoms with Crippen LogP contribution in [0.5, 0.6) is 5.75 Å². The fourth-order valence-electron chi connectivity index (χ4n) is 5.11. The molecule has 0 unspecified atom stereocenters. The summed E-state index contributed by atoms with van der Waals surface area (Å²) in [6.45, 7) is 2.08. The summed E-state index contributed by atoms with van der Waals surface area (Å²) in [6.07, 6.45) is 4.06. The number of amides is 2. The SMILES string of the molecule is COc1ccc2cc3n(c2c1)C[C@](C)(C(=O)NC1CCCC1)N(Cc1ccccc1F)C3=O. The summed E-state index contributed by atoms with van der Waals surface area (Å²) in [5.41, 5.74) is 0.533. The van der Waals surface area contributed by atoms with Crippen LogP contribution in [0, 0.1) is 5.82 Å². The average molecular weight is 450 g/mol. The maximum absolute atomic E-state index is 14.5. The number of carbonyl (C=O) groups excluding carboxylic acids is 2. The van der Waals surface area contributed by atoms with Crippen molar-refractivity contribution in [2.24, 2.45) is 0 Å². The highest BCUT2D eigenvalue weighted by molar-refractivity contribution is 6.03. The lowest BCUT2D eigenvalue weighted by Crippen LogP contribution is -2.64. The quantitative estimate of drug-likeness (QED) is 0.633. The number of nitrogens with zero attached hydrogens (tertiary/aromatic N) is 2. The summed E-state index contributed by atoms with van der Waals surface area (Å²) in [4.78, 5) is 29.0. The number of aromatic nitrogens is 1. The van der Waals surface area contributed by atoms with E-state index in [2.05, 4.69) is 5.32 Å². The molecule has 0 bridgehead atoms. The Kier molecular flexibility index (Phi) is 5.35. The monoisotopic (exact) mass is 449 g/mol. The highest BCUT2D eigenvalue weighted by atomic mass is 19.1. The first kappa shape index (κ1) is 21.5. The Morgan fingerprint density at radius 1 is 1.18 bits per heavy atom. The third kappa shape index (κ3) is 3.65. The van der Waals surface area contributed by atoms with Crippen molar-refractivity contribution in [3.05, 3.63) is 65.6 Å². The van der Waals surface area contributed by atoms with Gasteiger partial charge in [0.1, 0.15) is 22.8 Å². The van der Waals surface area contributed by atoms with Gasteiger partial charge < -0.3 is 19.5 Å². The van der Waals surface area contributed by atoms with Crippen LogP contribution in [0.15, 0.2) is 48.5 Å². The van der Waals surface area contributed by atoms with E-state index in [1.807, 2.05) is 28.8 Å². The largest absolute Gasteiger partial charge is 0.497 e. The van der Waals surface area contributed by atoms with Crippen LogP contribution in [0.2, 0.25) is 0 Å². The van der Waals surface area contributed by atoms with E-state index < -0.39 is 5.54 Å². The number of nitrogens with one attached hydrogen (secondary N) is 1. The van der Waals surface area contributed by atoms with Gasteiger partial charge in [-0.3, -0.25) is 9.59 Å². The Hall–Kier alpha value is -3.35. The van der Waals surface area contributed by atoms with Gasteiger partial charge >= 0.3 is 0 Å². The summed E-state index contributed by atoms with van der Waals surface area (Å²) >= 11 is 0. The van der Waals surface area contributed by atoms with Crippen LogP contribution < -0.4 is 10.1 Å². The van der Waals surface area contributed by atoms with E-state index in [1.54, 1.807) is 32.2 Å². The molecule has 1 saturated carbocycles. The number of ether oxygens (including phenoxy) is 1. The van der Waals surface area contributed by atoms with Gasteiger partial charge in [-0.1, -0.05) is 31.0 Å². The highest BCUT2D eigenvalue weighted by Gasteiger charge is 2.48. The molecule has 33 heavy (non-hydrogen) atoms. The van der Waals surface area contributed by atoms with Gasteiger partial charge in [0.25, 0.3) is 5.91 Å². The number of hydrogen-bond donors (Lipinski definition) is 1. The van der Waals surface area contributed by atoms with Gasteiger partial charge in [-0.25, -0.2) is 4.39 Å². The van der Waals surface area contributed by atoms with Crippen LogP contribution in [0.25, 0.3) is 10.9 Å². The number of carbonyl (C=O) groups is 2. The van der Waals surface area contributed by atoms with E-state index in [-0.39, 0.29) is 36.8 Å². The number of benzene rings is 2. The summed E-state index contributed by atoms with van der Waals surface area (Å²) in [5, 5.41) is 4.06. The van der Waals surface area contributed by atoms with Crippen molar-refractivity contribution in [1.82, 2.24) is 14.8 Å². The predicted octanol–water partition coefficient (Wildman–Crippen LogP) is 4.26. The van der Waals surface area contributed by atoms with Crippen molar-refractivity contribution in [1.29, 1.82) is 0 Å². The Labute approximate surface area is 192 Å². The Balaban J connectivity index is 1.60. The summed E-state index contributed by atoms with van der Waals surface area (Å²) in [5.74, 6) is -0.195. The van der Waals surface area contributed by atoms with Gasteiger partial charge in [0.15, 0.2) is 0 Å². The zero-order valence-corrected chi connectivity index (χ0v) is 18.9. The molecule has 2 aliphatic rings. The second kappa shape index (κ2) is 8.21. The van der Waals surface area contributed by atoms with Crippen molar-refractivity contribution in [2.45, 2.75) is 57.3 Å². The van der Waals surface area contributed by atoms with Crippen LogP contribution in [0.1, 0.15) is 48.7 Å². The lowest BCUT2D eigenvalue weighted by molar-refractivity contribution is -0.133. The molecule has 5 rings (SSSR count). The molecule has 2 aromatic carbocycles. The second-order valence-corrected chi connectivity index (χ2v) is 9.25. The molecule has 2 amide bonds. The third-order valence-electron chi connectivity index (χ3n) is 7.10. The molecule has 0 radical (unpaired) electrons. The molecule has 3 aromatic rings. The standard InChI is InChI=1S/C26H28FN3O3/c1-26(25(32)28-19-8-4-5-9-19)16-29-22-14-20(33-2)12-11-17(22)13-23(29)24(31)30(26)15-18-7-3-6-10-21(18)27/h3,6-7,10-14,19H,4-5,8-9,15-16H2,1-2H3,(H,28,32)/t26-/m1/s1. The van der Waals surface area contributed by atoms with E-state index in [1.165, 1.54) is 11.0 Å². The minimum atomic E-state index is -1.18. The molecule has 0 spiro atoms. The number of fused-ring (bicyclic) bond motifs is 3. The maximum Gasteiger partial charge on any atom is 0.271 e. The molecule has 1 aromatic heterocycles. The molecule has 0 saturated heterocycles. The predicted molar refractivity (Wildman–Crippen MR) is 124 cm³/mol. The molecule has 2 heterocycles. The van der Waals surface area contributed by atoms with Crippen molar-refractivity contribution < 1.29 is 18.7 Å². The fraction of sp³-hybridized carbons (Fsp3) is 0.385. The van der Waals surface area contributed by atoms with Crippen LogP contribution in [0.3, 0.4) is 0 Å². The first-order valence-corrected chi connectivity index (χ1v) is 11.4. The van der Waals surface area contributed by atoms with Gasteiger partial charge in [0.2, 0.25) is 5.91 Å². The average Bonchev–Trinajstić information content (AvgIpc) is 3.45. The van der Waals surface area contributed by atoms with E-state index in [9.17, 15) is 14.0 Å². The van der Waals surface area contributed by atoms with E-state index in [0.717, 1.165) is 36.6 Å². The molecule has 7 heteroatoms. The van der Waals surface area contributed by atoms with Crippen molar-refractivity contribution in [3.8, 4) is 5.75 Å². The van der Waals surface area contributed by atoms with Crippen LogP contribution in [-0.4, -0.2) is 40.0 Å². The molecule has 1 aliphatic carbocycles. The molecule has 1 atom stereocenters. The molecule has 1 aliphatic heterocycles. The number of halogens is 1. The number of rotatable bonds is 5. The molecule has 6 nitrogen and oxygen atoms in total. The van der Waals surface area contributed by atoms with Crippen molar-refractivity contribution in [2.75, 3.05) is 7.11 Å². The topological polar surface area (TPSA) is 63.6 Å². The molecular weight excluding hydrogens is 421 g/mol. The second-order valence-electron chi connectivity index (χ2n) is 9.25. The number of hydrogen-bond acceptors (Lipinski definition) is 3. The molecular formula is C26H28FN3O3. The summed E-state index contributed by atoms with van der Waals surface area (Å²) in [6, 6.07) is 14.0. The van der Waals surface area contributed by atoms with E-state index in [0.29, 0.717) is 17.0 Å². The zero-order valence-electron chi connectivity index (χ0n) is 18.9. The Morgan fingerprint density at radius 2 is 1.94 bits per heavy atom. The van der Waals surface area contributed by atoms with E-state index in [4.69, 9.17) is 4.74 Å². The smallest absolute Gasteiger partial charge is 0.271 e. The highest BCUT2D eigenvalue weighted by Crippen LogP contribution is 2.35. The van der Waals surface area contributed by atoms with Crippen molar-refractivity contribution in [3.63, 3.8) is 0 Å². The molecule has 172 valence electrons. The first-order chi connectivity index (χ1) is 15.9. The maximum atomic E-state index is 14.5. The van der Waals surface area contributed by atoms with Gasteiger partial charge in [0, 0.05) is 23.1 Å². The fourth-order valence-corrected chi connectivity index (χ4v) is 5.11. The Bertz CT molecular complexity index is 1230. The molecule has 1 N–H and O–H groups in total. The third-order valence-corrected chi connectivity index (χ3v) is 7.10. The molecule has 1 fully saturated rings. The normalized spacial score (nSPS) is 20.8. The van der Waals surface area contributed by atoms with Gasteiger partial charge in [-0.2, -0.15) is 0 Å². The van der Waals surface area contributed by atoms with Crippen molar-refractivity contribution >= 4 is 22.7 Å². The number of methoxy groups -OCH3 is 1. The lowest BCUT2D eigenvalue weighted by Gasteiger charge is -2.44. The zero-order chi connectivity index (χ0) is 23.2. The van der Waals surface area contributed by atoms with Crippen LogP contribution in [-0.2, 0) is 17.9 Å². The lowest BCUT2D eigenvalue weighted by atomic mass is 9.93. The van der Waals surface area contributed by atoms with Crippen LogP contribution >= 0.6 is 0 Å². The minimum Gasteiger partial charge on any atom is -0.497 e. The summed E-state index contributed by atoms with van der Waals surface area (Å²) < 4.78 is 21.8. The van der Waals surface area contributed by atoms with Gasteiger partial charge in [-0.15, -0.1) is 0 Å². The van der Waals surface area contributed by atoms with Gasteiger partial charge in [0.05, 0.1) is 25.7 Å². The summed E-state index contributed by atoms with van der Waals surface area (Å²) in [7, 11) is 1.60. The minimum absolute atomic E-state index is 0.0188. The Morgan fingerprint density at radius 3 is 2.67 bits per heavy atom. The van der Waals surface area contributed by atoms with Crippen LogP contribution in [0.4, 0.5) is 4.39 Å². The first-order valence-electron chi connectivity index (χ1n) is 11.4.